The molecule has 0 aromatic heterocycles. The van der Waals surface area contributed by atoms with Gasteiger partial charge >= 0.3 is 0 Å². The summed E-state index contributed by atoms with van der Waals surface area (Å²) in [5.41, 5.74) is 3.26. The Balaban J connectivity index is 3.49. The Hall–Kier alpha value is -0.755. The molecule has 0 saturated heterocycles. The molecule has 0 N–H and O–H groups in total. The molecule has 10 radical (unpaired) electrons. The fraction of sp³-hybridized carbons (Fsp3) is 0. The van der Waals surface area contributed by atoms with Crippen LogP contribution in [0.25, 0.3) is 5.57 Å². The first-order valence-corrected chi connectivity index (χ1v) is 6.02. The highest BCUT2D eigenvalue weighted by molar-refractivity contribution is 9.11. The molecule has 0 atom stereocenters. The highest BCUT2D eigenvalue weighted by atomic mass is 79.9. The van der Waals surface area contributed by atoms with Gasteiger partial charge in [0.15, 0.2) is 0 Å². The van der Waals surface area contributed by atoms with Crippen molar-refractivity contribution in [3.63, 3.8) is 0 Å². The summed E-state index contributed by atoms with van der Waals surface area (Å²) >= 11 is 3.20. The van der Waals surface area contributed by atoms with Gasteiger partial charge in [-0.05, 0) is 22.2 Å². The Morgan fingerprint density at radius 1 is 1.00 bits per heavy atom. The van der Waals surface area contributed by atoms with Crippen LogP contribution < -0.4 is 16.4 Å². The topological polar surface area (TPSA) is 0 Å². The average Bonchev–Trinajstić information content (AvgIpc) is 2.31. The Labute approximate surface area is 123 Å². The van der Waals surface area contributed by atoms with Gasteiger partial charge in [0.1, 0.15) is 39.2 Å². The Kier molecular flexibility index (Phi) is 5.94. The first kappa shape index (κ1) is 15.3. The largest absolute Gasteiger partial charge is 0.132 e. The predicted octanol–water partition coefficient (Wildman–Crippen LogP) is -0.462. The van der Waals surface area contributed by atoms with Crippen molar-refractivity contribution in [3.8, 4) is 0 Å². The lowest BCUT2D eigenvalue weighted by molar-refractivity contribution is 1.72. The van der Waals surface area contributed by atoms with Crippen molar-refractivity contribution in [1.29, 1.82) is 0 Å². The molecule has 0 fully saturated rings. The van der Waals surface area contributed by atoms with E-state index in [1.165, 1.54) is 5.98 Å². The summed E-state index contributed by atoms with van der Waals surface area (Å²) in [6.07, 6.45) is 3.34. The summed E-state index contributed by atoms with van der Waals surface area (Å²) in [5.74, 6) is 1.36. The Morgan fingerprint density at radius 2 is 1.61 bits per heavy atom. The second-order valence-corrected chi connectivity index (χ2v) is 4.12. The van der Waals surface area contributed by atoms with Crippen molar-refractivity contribution in [3.05, 3.63) is 46.3 Å². The van der Waals surface area contributed by atoms with Gasteiger partial charge in [-0.15, -0.1) is 16.9 Å². The minimum Gasteiger partial charge on any atom is -0.132 e. The lowest BCUT2D eigenvalue weighted by atomic mass is 9.72. The van der Waals surface area contributed by atoms with Gasteiger partial charge in [0.2, 0.25) is 0 Å². The average molecular weight is 284 g/mol. The minimum absolute atomic E-state index is 0.436. The van der Waals surface area contributed by atoms with Gasteiger partial charge in [-0.1, -0.05) is 45.1 Å². The number of benzene rings is 1. The third-order valence-corrected chi connectivity index (χ3v) is 2.63. The molecule has 1 rings (SSSR count). The van der Waals surface area contributed by atoms with Crippen LogP contribution in [0.3, 0.4) is 0 Å². The highest BCUT2D eigenvalue weighted by Crippen LogP contribution is 2.17. The molecule has 0 spiro atoms. The zero-order valence-corrected chi connectivity index (χ0v) is 11.3. The third-order valence-electron chi connectivity index (χ3n) is 2.36. The van der Waals surface area contributed by atoms with Crippen LogP contribution in [-0.2, 0) is 0 Å². The van der Waals surface area contributed by atoms with Gasteiger partial charge in [-0.25, -0.2) is 0 Å². The Bertz CT molecular complexity index is 532. The molecule has 0 bridgehead atoms. The molecule has 76 valence electrons. The van der Waals surface area contributed by atoms with Crippen molar-refractivity contribution >= 4 is 77.1 Å². The van der Waals surface area contributed by atoms with Crippen LogP contribution in [0.4, 0.5) is 0 Å². The van der Waals surface area contributed by atoms with E-state index in [1.54, 1.807) is 29.3 Å². The first-order chi connectivity index (χ1) is 8.51. The molecular weight excluding hydrogens is 278 g/mol. The highest BCUT2D eigenvalue weighted by Gasteiger charge is 2.06. The van der Waals surface area contributed by atoms with E-state index in [9.17, 15) is 0 Å². The quantitative estimate of drug-likeness (QED) is 0.520. The van der Waals surface area contributed by atoms with Gasteiger partial charge < -0.3 is 0 Å². The molecule has 0 amide bonds. The van der Waals surface area contributed by atoms with Gasteiger partial charge in [0.05, 0.1) is 0 Å². The molecular formula is C12H6B5Br. The van der Waals surface area contributed by atoms with E-state index in [1.807, 2.05) is 0 Å². The molecule has 0 aliphatic carbocycles. The van der Waals surface area contributed by atoms with Gasteiger partial charge in [0, 0.05) is 0 Å². The van der Waals surface area contributed by atoms with Gasteiger partial charge in [-0.2, -0.15) is 0 Å². The van der Waals surface area contributed by atoms with Gasteiger partial charge in [-0.3, -0.25) is 0 Å². The summed E-state index contributed by atoms with van der Waals surface area (Å²) in [4.78, 5) is 1.67. The lowest BCUT2D eigenvalue weighted by Crippen LogP contribution is -2.31. The maximum atomic E-state index is 5.93. The summed E-state index contributed by atoms with van der Waals surface area (Å²) in [7, 11) is 28.6. The van der Waals surface area contributed by atoms with Crippen molar-refractivity contribution < 1.29 is 0 Å². The van der Waals surface area contributed by atoms with Crippen LogP contribution >= 0.6 is 15.9 Å². The van der Waals surface area contributed by atoms with E-state index in [-0.39, 0.29) is 0 Å². The number of allylic oxidation sites excluding steroid dienone is 4. The normalized spacial score (nSPS) is 13.2. The van der Waals surface area contributed by atoms with Crippen LogP contribution in [0, 0.1) is 0 Å². The summed E-state index contributed by atoms with van der Waals surface area (Å²) in [5, 5.41) is 0. The number of hydrogen-bond acceptors (Lipinski definition) is 0. The van der Waals surface area contributed by atoms with Crippen molar-refractivity contribution in [2.45, 2.75) is 0 Å². The monoisotopic (exact) mass is 284 g/mol. The van der Waals surface area contributed by atoms with Crippen LogP contribution in [0.1, 0.15) is 5.56 Å². The molecule has 18 heavy (non-hydrogen) atoms. The van der Waals surface area contributed by atoms with Crippen LogP contribution in [0.2, 0.25) is 0 Å². The standard InChI is InChI=1S/C12H6B5Br/c13-3-1-9(14)7(2-4-18)8-5-11(16)12(17)6-10(8)15/h1-6H/b3-1+,4-2+,9-7-. The fourth-order valence-corrected chi connectivity index (χ4v) is 1.75. The van der Waals surface area contributed by atoms with E-state index >= 15 is 0 Å². The van der Waals surface area contributed by atoms with E-state index < -0.39 is 0 Å². The van der Waals surface area contributed by atoms with E-state index in [0.29, 0.717) is 33.0 Å². The van der Waals surface area contributed by atoms with Crippen molar-refractivity contribution in [2.24, 2.45) is 0 Å². The molecule has 0 unspecified atom stereocenters. The summed E-state index contributed by atoms with van der Waals surface area (Å²) < 4.78 is 0. The zero-order valence-electron chi connectivity index (χ0n) is 9.73. The molecule has 1 aromatic carbocycles. The second kappa shape index (κ2) is 6.99. The number of hydrogen-bond donors (Lipinski definition) is 0. The second-order valence-electron chi connectivity index (χ2n) is 3.59. The van der Waals surface area contributed by atoms with E-state index in [0.717, 1.165) is 0 Å². The smallest absolute Gasteiger partial charge is 0.114 e. The van der Waals surface area contributed by atoms with Crippen LogP contribution in [0.5, 0.6) is 0 Å². The molecule has 0 aliphatic heterocycles. The summed E-state index contributed by atoms with van der Waals surface area (Å²) in [6.45, 7) is 0. The molecule has 0 heterocycles. The third kappa shape index (κ3) is 3.62. The van der Waals surface area contributed by atoms with Gasteiger partial charge in [0.25, 0.3) is 0 Å². The fourth-order valence-electron chi connectivity index (χ4n) is 1.48. The maximum absolute atomic E-state index is 5.93. The minimum atomic E-state index is 0.436. The van der Waals surface area contributed by atoms with E-state index in [4.69, 9.17) is 39.2 Å². The first-order valence-electron chi connectivity index (χ1n) is 5.10. The van der Waals surface area contributed by atoms with Crippen LogP contribution in [0.15, 0.2) is 40.7 Å². The van der Waals surface area contributed by atoms with Crippen molar-refractivity contribution in [2.75, 3.05) is 0 Å². The van der Waals surface area contributed by atoms with Crippen LogP contribution in [-0.4, -0.2) is 39.2 Å². The SMILES string of the molecule is [B]/C=C/C([B])=C(\C=C\Br)c1cc([B])c([B])cc1[B]. The number of halogens is 1. The lowest BCUT2D eigenvalue weighted by Gasteiger charge is -2.14. The number of rotatable bonds is 3. The van der Waals surface area contributed by atoms with E-state index in [2.05, 4.69) is 15.9 Å². The Morgan fingerprint density at radius 3 is 2.17 bits per heavy atom. The molecule has 6 heteroatoms. The molecule has 1 aromatic rings. The predicted molar refractivity (Wildman–Crippen MR) is 88.2 cm³/mol. The van der Waals surface area contributed by atoms with Crippen molar-refractivity contribution in [1.82, 2.24) is 0 Å². The zero-order chi connectivity index (χ0) is 13.7. The molecule has 0 nitrogen and oxygen atoms in total. The molecule has 0 aliphatic rings. The maximum Gasteiger partial charge on any atom is 0.114 e. The summed E-state index contributed by atoms with van der Waals surface area (Å²) in [6, 6.07) is 3.29. The molecule has 0 saturated carbocycles.